The number of aromatic amines is 2. The molecular weight excluding hydrogens is 254 g/mol. The van der Waals surface area contributed by atoms with Gasteiger partial charge >= 0.3 is 0 Å². The molecule has 2 rings (SSSR count). The molecular formula is C15H23N3O2. The van der Waals surface area contributed by atoms with Crippen molar-refractivity contribution in [2.24, 2.45) is 0 Å². The number of aryl methyl sites for hydroxylation is 1. The van der Waals surface area contributed by atoms with E-state index >= 15 is 0 Å². The Labute approximate surface area is 118 Å². The fraction of sp³-hybridized carbons (Fsp3) is 0.600. The Morgan fingerprint density at radius 2 is 2.00 bits per heavy atom. The predicted molar refractivity (Wildman–Crippen MR) is 81.4 cm³/mol. The molecule has 0 spiro atoms. The third-order valence-electron chi connectivity index (χ3n) is 3.83. The fourth-order valence-corrected chi connectivity index (χ4v) is 2.69. The lowest BCUT2D eigenvalue weighted by Crippen LogP contribution is -2.12. The molecule has 5 heteroatoms. The van der Waals surface area contributed by atoms with Crippen LogP contribution in [0.5, 0.6) is 0 Å². The highest BCUT2D eigenvalue weighted by molar-refractivity contribution is 5.77. The summed E-state index contributed by atoms with van der Waals surface area (Å²) in [5, 5.41) is 3.44. The van der Waals surface area contributed by atoms with Gasteiger partial charge in [-0.3, -0.25) is 19.4 Å². The third-order valence-corrected chi connectivity index (χ3v) is 3.83. The monoisotopic (exact) mass is 277 g/mol. The highest BCUT2D eigenvalue weighted by atomic mass is 16.1. The Morgan fingerprint density at radius 3 is 2.70 bits per heavy atom. The number of hydrogen-bond donors (Lipinski definition) is 2. The summed E-state index contributed by atoms with van der Waals surface area (Å²) >= 11 is 0. The molecule has 2 aromatic rings. The van der Waals surface area contributed by atoms with Crippen LogP contribution in [-0.4, -0.2) is 14.8 Å². The largest absolute Gasteiger partial charge is 0.307 e. The van der Waals surface area contributed by atoms with Gasteiger partial charge in [0, 0.05) is 12.1 Å². The number of fused-ring (bicyclic) bond motifs is 1. The number of unbranched alkanes of at least 4 members (excludes halogenated alkanes) is 3. The van der Waals surface area contributed by atoms with Crippen LogP contribution in [0.2, 0.25) is 0 Å². The van der Waals surface area contributed by atoms with Crippen LogP contribution in [0.25, 0.3) is 11.0 Å². The molecule has 0 unspecified atom stereocenters. The van der Waals surface area contributed by atoms with E-state index < -0.39 is 0 Å². The van der Waals surface area contributed by atoms with Crippen LogP contribution in [0.4, 0.5) is 0 Å². The molecule has 0 fully saturated rings. The number of pyridine rings is 1. The van der Waals surface area contributed by atoms with E-state index in [2.05, 4.69) is 23.9 Å². The second-order valence-corrected chi connectivity index (χ2v) is 5.55. The molecule has 2 aromatic heterocycles. The van der Waals surface area contributed by atoms with Crippen LogP contribution < -0.4 is 11.1 Å². The number of aromatic nitrogens is 3. The minimum absolute atomic E-state index is 0.130. The summed E-state index contributed by atoms with van der Waals surface area (Å²) in [6, 6.07) is 1.64. The highest BCUT2D eigenvalue weighted by Crippen LogP contribution is 2.19. The van der Waals surface area contributed by atoms with E-state index in [0.717, 1.165) is 18.4 Å². The van der Waals surface area contributed by atoms with Crippen molar-refractivity contribution in [3.05, 3.63) is 32.3 Å². The maximum absolute atomic E-state index is 12.0. The van der Waals surface area contributed by atoms with E-state index in [-0.39, 0.29) is 17.2 Å². The Bertz CT molecular complexity index is 693. The van der Waals surface area contributed by atoms with Crippen LogP contribution in [-0.2, 0) is 0 Å². The summed E-state index contributed by atoms with van der Waals surface area (Å²) in [4.78, 5) is 26.4. The first-order valence-electron chi connectivity index (χ1n) is 7.38. The van der Waals surface area contributed by atoms with E-state index in [4.69, 9.17) is 0 Å². The van der Waals surface area contributed by atoms with E-state index in [1.807, 2.05) is 0 Å². The first-order chi connectivity index (χ1) is 9.54. The smallest absolute Gasteiger partial charge is 0.273 e. The van der Waals surface area contributed by atoms with Gasteiger partial charge in [0.2, 0.25) is 5.56 Å². The van der Waals surface area contributed by atoms with Gasteiger partial charge in [-0.05, 0) is 25.8 Å². The molecule has 0 amide bonds. The maximum Gasteiger partial charge on any atom is 0.273 e. The van der Waals surface area contributed by atoms with Gasteiger partial charge in [0.05, 0.1) is 5.39 Å². The summed E-state index contributed by atoms with van der Waals surface area (Å²) in [6.45, 7) is 6.05. The van der Waals surface area contributed by atoms with Gasteiger partial charge in [0.15, 0.2) is 0 Å². The van der Waals surface area contributed by atoms with Gasteiger partial charge < -0.3 is 4.98 Å². The quantitative estimate of drug-likeness (QED) is 0.797. The predicted octanol–water partition coefficient (Wildman–Crippen LogP) is 2.86. The zero-order chi connectivity index (χ0) is 14.7. The lowest BCUT2D eigenvalue weighted by molar-refractivity contribution is 0.442. The summed E-state index contributed by atoms with van der Waals surface area (Å²) < 4.78 is 1.80. The van der Waals surface area contributed by atoms with Crippen LogP contribution in [0.1, 0.15) is 57.6 Å². The second kappa shape index (κ2) is 6.11. The lowest BCUT2D eigenvalue weighted by atomic mass is 10.1. The highest BCUT2D eigenvalue weighted by Gasteiger charge is 2.14. The van der Waals surface area contributed by atoms with E-state index in [9.17, 15) is 9.59 Å². The SMILES string of the molecule is CCCCCC[C@H](C)n1[nH]c(=O)c2c(C)cc(=O)[nH]c21. The van der Waals surface area contributed by atoms with E-state index in [1.165, 1.54) is 25.3 Å². The molecule has 20 heavy (non-hydrogen) atoms. The molecule has 0 radical (unpaired) electrons. The molecule has 1 atom stereocenters. The normalized spacial score (nSPS) is 12.9. The van der Waals surface area contributed by atoms with Crippen molar-refractivity contribution in [3.63, 3.8) is 0 Å². The van der Waals surface area contributed by atoms with Crippen molar-refractivity contribution in [1.82, 2.24) is 14.8 Å². The van der Waals surface area contributed by atoms with Gasteiger partial charge in [-0.15, -0.1) is 0 Å². The molecule has 0 aliphatic heterocycles. The molecule has 0 saturated carbocycles. The zero-order valence-corrected chi connectivity index (χ0v) is 12.5. The minimum Gasteiger partial charge on any atom is -0.307 e. The first-order valence-corrected chi connectivity index (χ1v) is 7.38. The lowest BCUT2D eigenvalue weighted by Gasteiger charge is -2.14. The van der Waals surface area contributed by atoms with Crippen molar-refractivity contribution in [3.8, 4) is 0 Å². The van der Waals surface area contributed by atoms with Crippen LogP contribution in [0.15, 0.2) is 15.7 Å². The molecule has 2 N–H and O–H groups in total. The number of rotatable bonds is 6. The molecule has 110 valence electrons. The number of nitrogens with one attached hydrogen (secondary N) is 2. The van der Waals surface area contributed by atoms with Gasteiger partial charge in [-0.1, -0.05) is 32.6 Å². The molecule has 5 nitrogen and oxygen atoms in total. The van der Waals surface area contributed by atoms with Gasteiger partial charge in [-0.2, -0.15) is 0 Å². The zero-order valence-electron chi connectivity index (χ0n) is 12.5. The molecule has 0 aliphatic rings. The molecule has 0 aromatic carbocycles. The Kier molecular flexibility index (Phi) is 4.47. The standard InChI is InChI=1S/C15H23N3O2/c1-4-5-6-7-8-11(3)18-14-13(15(20)17-18)10(2)9-12(19)16-14/h9,11H,4-8H2,1-3H3,(H,16,19)(H,17,20)/t11-/m0/s1. The second-order valence-electron chi connectivity index (χ2n) is 5.55. The molecule has 0 bridgehead atoms. The molecule has 2 heterocycles. The van der Waals surface area contributed by atoms with E-state index in [1.54, 1.807) is 11.6 Å². The minimum atomic E-state index is -0.166. The Balaban J connectivity index is 2.30. The summed E-state index contributed by atoms with van der Waals surface area (Å²) in [6.07, 6.45) is 5.79. The van der Waals surface area contributed by atoms with Gasteiger partial charge in [0.25, 0.3) is 5.56 Å². The topological polar surface area (TPSA) is 70.7 Å². The Morgan fingerprint density at radius 1 is 1.25 bits per heavy atom. The third kappa shape index (κ3) is 2.86. The van der Waals surface area contributed by atoms with E-state index in [0.29, 0.717) is 11.0 Å². The van der Waals surface area contributed by atoms with Crippen molar-refractivity contribution < 1.29 is 0 Å². The van der Waals surface area contributed by atoms with Gasteiger partial charge in [-0.25, -0.2) is 0 Å². The van der Waals surface area contributed by atoms with Crippen molar-refractivity contribution in [1.29, 1.82) is 0 Å². The fourth-order valence-electron chi connectivity index (χ4n) is 2.69. The maximum atomic E-state index is 12.0. The van der Waals surface area contributed by atoms with Crippen LogP contribution in [0.3, 0.4) is 0 Å². The van der Waals surface area contributed by atoms with Crippen LogP contribution >= 0.6 is 0 Å². The average Bonchev–Trinajstić information content (AvgIpc) is 2.71. The first kappa shape index (κ1) is 14.6. The number of nitrogens with zero attached hydrogens (tertiary/aromatic N) is 1. The summed E-state index contributed by atoms with van der Waals surface area (Å²) in [7, 11) is 0. The van der Waals surface area contributed by atoms with Crippen molar-refractivity contribution in [2.45, 2.75) is 58.9 Å². The van der Waals surface area contributed by atoms with Crippen molar-refractivity contribution in [2.75, 3.05) is 0 Å². The molecule has 0 aliphatic carbocycles. The number of hydrogen-bond acceptors (Lipinski definition) is 2. The summed E-state index contributed by atoms with van der Waals surface area (Å²) in [5.74, 6) is 0. The molecule has 0 saturated heterocycles. The van der Waals surface area contributed by atoms with Crippen molar-refractivity contribution >= 4 is 11.0 Å². The summed E-state index contributed by atoms with van der Waals surface area (Å²) in [5.41, 5.74) is 1.04. The average molecular weight is 277 g/mol. The Hall–Kier alpha value is -1.78. The van der Waals surface area contributed by atoms with Gasteiger partial charge in [0.1, 0.15) is 5.65 Å². The van der Waals surface area contributed by atoms with Crippen LogP contribution in [0, 0.1) is 6.92 Å². The number of H-pyrrole nitrogens is 2.